The third-order valence-corrected chi connectivity index (χ3v) is 4.70. The summed E-state index contributed by atoms with van der Waals surface area (Å²) in [7, 11) is 5.60. The minimum atomic E-state index is -0.232. The lowest BCUT2D eigenvalue weighted by atomic mass is 10.0. The van der Waals surface area contributed by atoms with E-state index in [1.807, 2.05) is 44.4 Å². The summed E-state index contributed by atoms with van der Waals surface area (Å²) in [4.78, 5) is 26.5. The molecule has 0 fully saturated rings. The van der Waals surface area contributed by atoms with Crippen molar-refractivity contribution in [3.63, 3.8) is 0 Å². The fourth-order valence-corrected chi connectivity index (χ4v) is 3.21. The first kappa shape index (κ1) is 20.5. The van der Waals surface area contributed by atoms with Gasteiger partial charge in [0.1, 0.15) is 5.75 Å². The molecule has 0 aliphatic heterocycles. The van der Waals surface area contributed by atoms with Crippen LogP contribution in [-0.2, 0) is 4.79 Å². The fraction of sp³-hybridized carbons (Fsp3) is 0.318. The number of amides is 1. The van der Waals surface area contributed by atoms with Crippen LogP contribution in [0.1, 0.15) is 19.3 Å². The number of H-pyrrole nitrogens is 1. The molecular formula is C22H26N4O3. The molecule has 0 unspecified atom stereocenters. The van der Waals surface area contributed by atoms with E-state index in [9.17, 15) is 9.59 Å². The Morgan fingerprint density at radius 2 is 1.90 bits per heavy atom. The lowest BCUT2D eigenvalue weighted by molar-refractivity contribution is -0.116. The van der Waals surface area contributed by atoms with Crippen LogP contribution in [0.2, 0.25) is 0 Å². The second-order valence-electron chi connectivity index (χ2n) is 7.17. The molecule has 0 aliphatic carbocycles. The van der Waals surface area contributed by atoms with Crippen LogP contribution in [-0.4, -0.2) is 48.8 Å². The van der Waals surface area contributed by atoms with E-state index in [1.54, 1.807) is 19.2 Å². The maximum Gasteiger partial charge on any atom is 0.272 e. The third-order valence-electron chi connectivity index (χ3n) is 4.70. The number of hydrogen-bond acceptors (Lipinski definition) is 5. The van der Waals surface area contributed by atoms with Gasteiger partial charge in [0.2, 0.25) is 5.91 Å². The van der Waals surface area contributed by atoms with Gasteiger partial charge in [0.05, 0.1) is 23.9 Å². The van der Waals surface area contributed by atoms with Crippen LogP contribution < -0.4 is 15.6 Å². The third kappa shape index (κ3) is 5.00. The zero-order valence-electron chi connectivity index (χ0n) is 17.0. The van der Waals surface area contributed by atoms with Crippen LogP contribution in [0.5, 0.6) is 5.75 Å². The van der Waals surface area contributed by atoms with Crippen molar-refractivity contribution in [3.8, 4) is 17.0 Å². The van der Waals surface area contributed by atoms with Gasteiger partial charge in [-0.1, -0.05) is 18.2 Å². The Bertz CT molecular complexity index is 1060. The van der Waals surface area contributed by atoms with Crippen molar-refractivity contribution in [1.29, 1.82) is 0 Å². The molecule has 0 atom stereocenters. The largest absolute Gasteiger partial charge is 0.495 e. The number of nitrogens with one attached hydrogen (secondary N) is 2. The highest BCUT2D eigenvalue weighted by Crippen LogP contribution is 2.32. The molecule has 0 bridgehead atoms. The van der Waals surface area contributed by atoms with Gasteiger partial charge < -0.3 is 15.0 Å². The summed E-state index contributed by atoms with van der Waals surface area (Å²) in [5, 5.41) is 11.0. The monoisotopic (exact) mass is 394 g/mol. The molecule has 7 nitrogen and oxygen atoms in total. The molecule has 1 aromatic heterocycles. The molecule has 0 saturated carbocycles. The van der Waals surface area contributed by atoms with Crippen molar-refractivity contribution in [2.75, 3.05) is 33.1 Å². The second-order valence-corrected chi connectivity index (χ2v) is 7.17. The summed E-state index contributed by atoms with van der Waals surface area (Å²) < 4.78 is 5.40. The Labute approximate surface area is 169 Å². The Kier molecular flexibility index (Phi) is 6.61. The predicted molar refractivity (Wildman–Crippen MR) is 115 cm³/mol. The summed E-state index contributed by atoms with van der Waals surface area (Å²) >= 11 is 0. The summed E-state index contributed by atoms with van der Waals surface area (Å²) in [6, 6.07) is 12.8. The molecule has 7 heteroatoms. The number of rotatable bonds is 8. The van der Waals surface area contributed by atoms with Gasteiger partial charge in [-0.05, 0) is 57.7 Å². The van der Waals surface area contributed by atoms with Crippen LogP contribution in [0.3, 0.4) is 0 Å². The van der Waals surface area contributed by atoms with E-state index >= 15 is 0 Å². The van der Waals surface area contributed by atoms with E-state index in [0.29, 0.717) is 28.9 Å². The summed E-state index contributed by atoms with van der Waals surface area (Å²) in [5.74, 6) is 0.516. The first-order chi connectivity index (χ1) is 14.0. The number of benzene rings is 2. The molecule has 0 saturated heterocycles. The Hall–Kier alpha value is -3.19. The van der Waals surface area contributed by atoms with Gasteiger partial charge in [0, 0.05) is 17.4 Å². The number of fused-ring (bicyclic) bond motifs is 1. The van der Waals surface area contributed by atoms with Gasteiger partial charge in [-0.15, -0.1) is 0 Å². The van der Waals surface area contributed by atoms with Gasteiger partial charge in [-0.3, -0.25) is 9.59 Å². The number of unbranched alkanes of at least 4 members (excludes halogenated alkanes) is 1. The smallest absolute Gasteiger partial charge is 0.272 e. The summed E-state index contributed by atoms with van der Waals surface area (Å²) in [6.45, 7) is 0.955. The Morgan fingerprint density at radius 3 is 2.62 bits per heavy atom. The molecule has 0 spiro atoms. The van der Waals surface area contributed by atoms with E-state index in [-0.39, 0.29) is 11.5 Å². The van der Waals surface area contributed by atoms with Crippen molar-refractivity contribution in [2.45, 2.75) is 19.3 Å². The van der Waals surface area contributed by atoms with Crippen LogP contribution in [0, 0.1) is 0 Å². The highest BCUT2D eigenvalue weighted by molar-refractivity contribution is 5.96. The van der Waals surface area contributed by atoms with Gasteiger partial charge in [0.25, 0.3) is 5.56 Å². The summed E-state index contributed by atoms with van der Waals surface area (Å²) in [5.41, 5.74) is 1.77. The molecule has 2 N–H and O–H groups in total. The van der Waals surface area contributed by atoms with E-state index < -0.39 is 0 Å². The van der Waals surface area contributed by atoms with E-state index in [2.05, 4.69) is 20.4 Å². The normalized spacial score (nSPS) is 11.0. The molecule has 29 heavy (non-hydrogen) atoms. The number of carbonyl (C=O) groups excluding carboxylic acids is 1. The molecule has 152 valence electrons. The zero-order chi connectivity index (χ0) is 20.8. The average molecular weight is 394 g/mol. The fourth-order valence-electron chi connectivity index (χ4n) is 3.21. The quantitative estimate of drug-likeness (QED) is 0.573. The molecule has 0 aliphatic rings. The van der Waals surface area contributed by atoms with E-state index in [4.69, 9.17) is 4.74 Å². The molecular weight excluding hydrogens is 368 g/mol. The molecule has 3 aromatic rings. The number of methoxy groups -OCH3 is 1. The standard InChI is InChI=1S/C22H26N4O3/c1-26(2)13-7-6-10-20(27)23-18-14-15(11-12-19(18)29-3)21-16-8-4-5-9-17(16)22(28)25-24-21/h4-5,8-9,11-12,14H,6-7,10,13H2,1-3H3,(H,23,27)(H,25,28). The van der Waals surface area contributed by atoms with Crippen LogP contribution in [0.25, 0.3) is 22.0 Å². The first-order valence-electron chi connectivity index (χ1n) is 9.60. The highest BCUT2D eigenvalue weighted by Gasteiger charge is 2.13. The number of nitrogens with zero attached hydrogens (tertiary/aromatic N) is 2. The minimum absolute atomic E-state index is 0.0570. The van der Waals surface area contributed by atoms with Crippen LogP contribution in [0.15, 0.2) is 47.3 Å². The number of ether oxygens (including phenoxy) is 1. The SMILES string of the molecule is COc1ccc(-c2n[nH]c(=O)c3ccccc23)cc1NC(=O)CCCCN(C)C. The maximum absolute atomic E-state index is 12.4. The van der Waals surface area contributed by atoms with Gasteiger partial charge >= 0.3 is 0 Å². The molecule has 3 rings (SSSR count). The topological polar surface area (TPSA) is 87.3 Å². The van der Waals surface area contributed by atoms with E-state index in [1.165, 1.54) is 0 Å². The average Bonchev–Trinajstić information content (AvgIpc) is 2.71. The second kappa shape index (κ2) is 9.34. The van der Waals surface area contributed by atoms with Gasteiger partial charge in [0.15, 0.2) is 0 Å². The highest BCUT2D eigenvalue weighted by atomic mass is 16.5. The Morgan fingerprint density at radius 1 is 1.14 bits per heavy atom. The van der Waals surface area contributed by atoms with Crippen LogP contribution >= 0.6 is 0 Å². The number of hydrogen-bond donors (Lipinski definition) is 2. The van der Waals surface area contributed by atoms with Crippen molar-refractivity contribution < 1.29 is 9.53 Å². The molecule has 0 radical (unpaired) electrons. The first-order valence-corrected chi connectivity index (χ1v) is 9.60. The minimum Gasteiger partial charge on any atom is -0.495 e. The van der Waals surface area contributed by atoms with Crippen molar-refractivity contribution in [1.82, 2.24) is 15.1 Å². The Balaban J connectivity index is 1.86. The predicted octanol–water partition coefficient (Wildman–Crippen LogP) is 3.27. The number of carbonyl (C=O) groups is 1. The molecule has 2 aromatic carbocycles. The maximum atomic E-state index is 12.4. The van der Waals surface area contributed by atoms with Gasteiger partial charge in [-0.2, -0.15) is 5.10 Å². The number of anilines is 1. The van der Waals surface area contributed by atoms with Crippen molar-refractivity contribution in [3.05, 3.63) is 52.8 Å². The van der Waals surface area contributed by atoms with Crippen LogP contribution in [0.4, 0.5) is 5.69 Å². The zero-order valence-corrected chi connectivity index (χ0v) is 17.0. The molecule has 1 heterocycles. The number of aromatic amines is 1. The summed E-state index contributed by atoms with van der Waals surface area (Å²) in [6.07, 6.45) is 2.23. The lowest BCUT2D eigenvalue weighted by Crippen LogP contribution is -2.15. The number of aromatic nitrogens is 2. The van der Waals surface area contributed by atoms with Gasteiger partial charge in [-0.25, -0.2) is 5.10 Å². The van der Waals surface area contributed by atoms with Crippen molar-refractivity contribution in [2.24, 2.45) is 0 Å². The van der Waals surface area contributed by atoms with E-state index in [0.717, 1.165) is 30.3 Å². The lowest BCUT2D eigenvalue weighted by Gasteiger charge is -2.13. The van der Waals surface area contributed by atoms with Crippen molar-refractivity contribution >= 4 is 22.4 Å². The molecule has 1 amide bonds.